The molecule has 0 radical (unpaired) electrons. The Labute approximate surface area is 173 Å². The van der Waals surface area contributed by atoms with Crippen molar-refractivity contribution in [2.24, 2.45) is 7.05 Å². The zero-order valence-corrected chi connectivity index (χ0v) is 17.4. The number of ether oxygens (including phenoxy) is 1. The Morgan fingerprint density at radius 3 is 2.62 bits per heavy atom. The van der Waals surface area contributed by atoms with Gasteiger partial charge in [-0.25, -0.2) is 4.39 Å². The Morgan fingerprint density at radius 1 is 1.17 bits per heavy atom. The summed E-state index contributed by atoms with van der Waals surface area (Å²) in [5.41, 5.74) is 1.86. The molecule has 0 saturated heterocycles. The van der Waals surface area contributed by atoms with Gasteiger partial charge in [-0.2, -0.15) is 0 Å². The van der Waals surface area contributed by atoms with Gasteiger partial charge in [0, 0.05) is 27.1 Å². The van der Waals surface area contributed by atoms with E-state index in [9.17, 15) is 9.18 Å². The smallest absolute Gasteiger partial charge is 0.233 e. The molecule has 152 valence electrons. The number of amides is 1. The van der Waals surface area contributed by atoms with Crippen LogP contribution in [-0.2, 0) is 24.8 Å². The minimum absolute atomic E-state index is 0.0705. The largest absolute Gasteiger partial charge is 0.494 e. The summed E-state index contributed by atoms with van der Waals surface area (Å²) in [4.78, 5) is 14.0. The Morgan fingerprint density at radius 2 is 1.93 bits per heavy atom. The Kier molecular flexibility index (Phi) is 6.87. The highest BCUT2D eigenvalue weighted by atomic mass is 32.2. The minimum Gasteiger partial charge on any atom is -0.494 e. The van der Waals surface area contributed by atoms with Crippen molar-refractivity contribution in [3.63, 3.8) is 0 Å². The van der Waals surface area contributed by atoms with Gasteiger partial charge >= 0.3 is 0 Å². The number of hydrogen-bond acceptors (Lipinski definition) is 5. The molecule has 0 spiro atoms. The zero-order valence-electron chi connectivity index (χ0n) is 16.6. The normalized spacial score (nSPS) is 10.8. The first-order valence-electron chi connectivity index (χ1n) is 9.09. The fraction of sp³-hybridized carbons (Fsp3) is 0.286. The summed E-state index contributed by atoms with van der Waals surface area (Å²) in [6, 6.07) is 14.7. The van der Waals surface area contributed by atoms with Gasteiger partial charge in [0.2, 0.25) is 5.91 Å². The molecule has 0 aliphatic carbocycles. The SMILES string of the molecule is COc1ccc(CN(C)C(=O)CSc2nnc(Cc3ccccc3)n2C)cc1F. The lowest BCUT2D eigenvalue weighted by molar-refractivity contribution is -0.127. The highest BCUT2D eigenvalue weighted by molar-refractivity contribution is 7.99. The first-order chi connectivity index (χ1) is 14.0. The second-order valence-electron chi connectivity index (χ2n) is 6.63. The predicted octanol–water partition coefficient (Wildman–Crippen LogP) is 3.30. The van der Waals surface area contributed by atoms with E-state index in [0.29, 0.717) is 23.7 Å². The van der Waals surface area contributed by atoms with Crippen LogP contribution in [0.3, 0.4) is 0 Å². The van der Waals surface area contributed by atoms with Crippen molar-refractivity contribution in [3.05, 3.63) is 71.3 Å². The van der Waals surface area contributed by atoms with Crippen molar-refractivity contribution in [3.8, 4) is 5.75 Å². The van der Waals surface area contributed by atoms with Gasteiger partial charge in [0.25, 0.3) is 0 Å². The standard InChI is InChI=1S/C21H23FN4O2S/c1-25(13-16-9-10-18(28-3)17(22)11-16)20(27)14-29-21-24-23-19(26(21)2)12-15-7-5-4-6-8-15/h4-11H,12-14H2,1-3H3. The van der Waals surface area contributed by atoms with Gasteiger partial charge in [0.1, 0.15) is 5.82 Å². The molecule has 1 heterocycles. The number of hydrogen-bond donors (Lipinski definition) is 0. The van der Waals surface area contributed by atoms with Crippen LogP contribution in [0.5, 0.6) is 5.75 Å². The summed E-state index contributed by atoms with van der Waals surface area (Å²) in [5, 5.41) is 9.13. The highest BCUT2D eigenvalue weighted by Crippen LogP contribution is 2.20. The average molecular weight is 415 g/mol. The molecule has 0 unspecified atom stereocenters. The average Bonchev–Trinajstić information content (AvgIpc) is 3.06. The van der Waals surface area contributed by atoms with E-state index in [4.69, 9.17) is 4.74 Å². The van der Waals surface area contributed by atoms with E-state index in [-0.39, 0.29) is 17.4 Å². The van der Waals surface area contributed by atoms with Crippen LogP contribution in [0, 0.1) is 5.82 Å². The molecule has 0 aliphatic heterocycles. The van der Waals surface area contributed by atoms with Crippen molar-refractivity contribution in [1.82, 2.24) is 19.7 Å². The summed E-state index contributed by atoms with van der Waals surface area (Å²) in [7, 11) is 5.01. The van der Waals surface area contributed by atoms with Gasteiger partial charge in [0.05, 0.1) is 12.9 Å². The first-order valence-corrected chi connectivity index (χ1v) is 10.1. The van der Waals surface area contributed by atoms with Gasteiger partial charge < -0.3 is 14.2 Å². The minimum atomic E-state index is -0.440. The summed E-state index contributed by atoms with van der Waals surface area (Å²) in [6.07, 6.45) is 0.682. The zero-order chi connectivity index (χ0) is 20.8. The van der Waals surface area contributed by atoms with E-state index in [2.05, 4.69) is 10.2 Å². The lowest BCUT2D eigenvalue weighted by Crippen LogP contribution is -2.28. The molecular formula is C21H23FN4O2S. The lowest BCUT2D eigenvalue weighted by Gasteiger charge is -2.17. The van der Waals surface area contributed by atoms with Crippen LogP contribution in [0.4, 0.5) is 4.39 Å². The van der Waals surface area contributed by atoms with Crippen molar-refractivity contribution in [1.29, 1.82) is 0 Å². The van der Waals surface area contributed by atoms with Crippen molar-refractivity contribution >= 4 is 17.7 Å². The molecule has 2 aromatic carbocycles. The van der Waals surface area contributed by atoms with Crippen LogP contribution in [0.15, 0.2) is 53.7 Å². The molecule has 6 nitrogen and oxygen atoms in total. The molecule has 0 atom stereocenters. The lowest BCUT2D eigenvalue weighted by atomic mass is 10.1. The van der Waals surface area contributed by atoms with Crippen LogP contribution in [0.2, 0.25) is 0 Å². The van der Waals surface area contributed by atoms with E-state index in [0.717, 1.165) is 11.4 Å². The number of thioether (sulfide) groups is 1. The molecule has 1 amide bonds. The fourth-order valence-electron chi connectivity index (χ4n) is 2.81. The number of aromatic nitrogens is 3. The Bertz CT molecular complexity index is 978. The number of methoxy groups -OCH3 is 1. The van der Waals surface area contributed by atoms with E-state index in [1.165, 1.54) is 24.9 Å². The number of benzene rings is 2. The second kappa shape index (κ2) is 9.56. The number of nitrogens with zero attached hydrogens (tertiary/aromatic N) is 4. The summed E-state index contributed by atoms with van der Waals surface area (Å²) < 4.78 is 20.6. The summed E-state index contributed by atoms with van der Waals surface area (Å²) in [6.45, 7) is 0.318. The molecular weight excluding hydrogens is 391 g/mol. The van der Waals surface area contributed by atoms with Crippen molar-refractivity contribution in [2.75, 3.05) is 19.9 Å². The summed E-state index contributed by atoms with van der Waals surface area (Å²) in [5.74, 6) is 0.746. The Balaban J connectivity index is 1.55. The molecule has 1 aromatic heterocycles. The van der Waals surface area contributed by atoms with Crippen LogP contribution in [0.25, 0.3) is 0 Å². The van der Waals surface area contributed by atoms with Crippen LogP contribution in [0.1, 0.15) is 17.0 Å². The molecule has 0 saturated carbocycles. The molecule has 8 heteroatoms. The monoisotopic (exact) mass is 414 g/mol. The van der Waals surface area contributed by atoms with Crippen LogP contribution >= 0.6 is 11.8 Å². The third kappa shape index (κ3) is 5.35. The van der Waals surface area contributed by atoms with E-state index >= 15 is 0 Å². The predicted molar refractivity (Wildman–Crippen MR) is 110 cm³/mol. The topological polar surface area (TPSA) is 60.2 Å². The number of carbonyl (C=O) groups excluding carboxylic acids is 1. The molecule has 3 rings (SSSR count). The molecule has 0 fully saturated rings. The molecule has 0 bridgehead atoms. The maximum atomic E-state index is 13.8. The molecule has 29 heavy (non-hydrogen) atoms. The van der Waals surface area contributed by atoms with E-state index < -0.39 is 5.82 Å². The van der Waals surface area contributed by atoms with Gasteiger partial charge in [-0.15, -0.1) is 10.2 Å². The number of halogens is 1. The maximum Gasteiger partial charge on any atom is 0.233 e. The second-order valence-corrected chi connectivity index (χ2v) is 7.57. The quantitative estimate of drug-likeness (QED) is 0.530. The van der Waals surface area contributed by atoms with Gasteiger partial charge in [-0.3, -0.25) is 4.79 Å². The van der Waals surface area contributed by atoms with Crippen molar-refractivity contribution in [2.45, 2.75) is 18.1 Å². The van der Waals surface area contributed by atoms with Crippen LogP contribution < -0.4 is 4.74 Å². The van der Waals surface area contributed by atoms with Gasteiger partial charge in [-0.05, 0) is 23.3 Å². The highest BCUT2D eigenvalue weighted by Gasteiger charge is 2.15. The van der Waals surface area contributed by atoms with E-state index in [1.54, 1.807) is 24.1 Å². The third-order valence-corrected chi connectivity index (χ3v) is 5.52. The van der Waals surface area contributed by atoms with Gasteiger partial charge in [-0.1, -0.05) is 48.2 Å². The van der Waals surface area contributed by atoms with Crippen LogP contribution in [-0.4, -0.2) is 45.5 Å². The fourth-order valence-corrected chi connectivity index (χ4v) is 3.68. The number of rotatable bonds is 8. The Hall–Kier alpha value is -2.87. The molecule has 0 aliphatic rings. The molecule has 3 aromatic rings. The van der Waals surface area contributed by atoms with Gasteiger partial charge in [0.15, 0.2) is 16.7 Å². The summed E-state index contributed by atoms with van der Waals surface area (Å²) >= 11 is 1.34. The van der Waals surface area contributed by atoms with E-state index in [1.807, 2.05) is 41.9 Å². The third-order valence-electron chi connectivity index (χ3n) is 4.52. The first kappa shape index (κ1) is 20.9. The number of carbonyl (C=O) groups is 1. The maximum absolute atomic E-state index is 13.8. The van der Waals surface area contributed by atoms with Crippen molar-refractivity contribution < 1.29 is 13.9 Å². The molecule has 0 N–H and O–H groups in total.